The molecule has 88 valence electrons. The third-order valence-electron chi connectivity index (χ3n) is 2.31. The Labute approximate surface area is 95.5 Å². The van der Waals surface area contributed by atoms with Gasteiger partial charge in [-0.05, 0) is 39.0 Å². The molecule has 0 aromatic heterocycles. The summed E-state index contributed by atoms with van der Waals surface area (Å²) in [5, 5.41) is 12.6. The first-order chi connectivity index (χ1) is 7.36. The van der Waals surface area contributed by atoms with Gasteiger partial charge >= 0.3 is 0 Å². The zero-order chi connectivity index (χ0) is 12.3. The summed E-state index contributed by atoms with van der Waals surface area (Å²) in [5.41, 5.74) is 6.27. The van der Waals surface area contributed by atoms with Crippen LogP contribution in [0.15, 0.2) is 18.2 Å². The van der Waals surface area contributed by atoms with E-state index in [1.165, 1.54) is 0 Å². The fraction of sp³-hybridized carbons (Fsp3) is 0.417. The summed E-state index contributed by atoms with van der Waals surface area (Å²) in [7, 11) is 0. The normalized spacial score (nSPS) is 11.2. The molecule has 1 rings (SSSR count). The van der Waals surface area contributed by atoms with Crippen LogP contribution in [-0.2, 0) is 5.60 Å². The van der Waals surface area contributed by atoms with Crippen molar-refractivity contribution in [3.05, 3.63) is 29.3 Å². The molecule has 0 unspecified atom stereocenters. The standard InChI is InChI=1S/C12H18N2O2/c1-4-14-11(15)8-5-6-10(13)9(7-8)12(2,3)16/h5-7,16H,4,13H2,1-3H3,(H,14,15). The molecule has 0 aliphatic heterocycles. The minimum Gasteiger partial charge on any atom is -0.398 e. The van der Waals surface area contributed by atoms with E-state index >= 15 is 0 Å². The lowest BCUT2D eigenvalue weighted by Gasteiger charge is -2.20. The first-order valence-electron chi connectivity index (χ1n) is 5.27. The molecule has 0 saturated heterocycles. The molecule has 0 atom stereocenters. The predicted molar refractivity (Wildman–Crippen MR) is 64.1 cm³/mol. The highest BCUT2D eigenvalue weighted by Crippen LogP contribution is 2.26. The molecule has 16 heavy (non-hydrogen) atoms. The number of carbonyl (C=O) groups is 1. The fourth-order valence-corrected chi connectivity index (χ4v) is 1.49. The minimum absolute atomic E-state index is 0.159. The van der Waals surface area contributed by atoms with Crippen molar-refractivity contribution >= 4 is 11.6 Å². The lowest BCUT2D eigenvalue weighted by molar-refractivity contribution is 0.0792. The number of nitrogens with two attached hydrogens (primary N) is 1. The van der Waals surface area contributed by atoms with E-state index in [0.717, 1.165) is 0 Å². The van der Waals surface area contributed by atoms with E-state index in [-0.39, 0.29) is 5.91 Å². The molecule has 0 bridgehead atoms. The summed E-state index contributed by atoms with van der Waals surface area (Å²) in [6.07, 6.45) is 0. The van der Waals surface area contributed by atoms with Crippen LogP contribution in [0.2, 0.25) is 0 Å². The predicted octanol–water partition coefficient (Wildman–Crippen LogP) is 1.25. The maximum atomic E-state index is 11.6. The van der Waals surface area contributed by atoms with Gasteiger partial charge in [0.15, 0.2) is 0 Å². The second-order valence-electron chi connectivity index (χ2n) is 4.22. The molecule has 0 heterocycles. The Morgan fingerprint density at radius 2 is 2.12 bits per heavy atom. The van der Waals surface area contributed by atoms with Crippen LogP contribution in [-0.4, -0.2) is 17.6 Å². The van der Waals surface area contributed by atoms with Gasteiger partial charge < -0.3 is 16.2 Å². The Balaban J connectivity index is 3.13. The number of benzene rings is 1. The molecule has 0 radical (unpaired) electrons. The number of carbonyl (C=O) groups excluding carboxylic acids is 1. The van der Waals surface area contributed by atoms with Crippen molar-refractivity contribution in [2.45, 2.75) is 26.4 Å². The third kappa shape index (κ3) is 2.73. The Morgan fingerprint density at radius 3 is 2.62 bits per heavy atom. The lowest BCUT2D eigenvalue weighted by atomic mass is 9.94. The Hall–Kier alpha value is -1.55. The van der Waals surface area contributed by atoms with Gasteiger partial charge in [-0.25, -0.2) is 0 Å². The number of hydrogen-bond donors (Lipinski definition) is 3. The molecular formula is C12H18N2O2. The molecule has 0 fully saturated rings. The molecule has 4 nitrogen and oxygen atoms in total. The molecule has 1 aromatic rings. The summed E-state index contributed by atoms with van der Waals surface area (Å²) in [6, 6.07) is 4.91. The van der Waals surface area contributed by atoms with Gasteiger partial charge in [-0.1, -0.05) is 0 Å². The zero-order valence-corrected chi connectivity index (χ0v) is 9.87. The van der Waals surface area contributed by atoms with Crippen molar-refractivity contribution in [1.29, 1.82) is 0 Å². The SMILES string of the molecule is CCNC(=O)c1ccc(N)c(C(C)(C)O)c1. The van der Waals surface area contributed by atoms with Gasteiger partial charge in [0.2, 0.25) is 0 Å². The average Bonchev–Trinajstić information content (AvgIpc) is 2.16. The molecule has 0 saturated carbocycles. The van der Waals surface area contributed by atoms with E-state index in [1.807, 2.05) is 6.92 Å². The molecule has 0 aliphatic rings. The Kier molecular flexibility index (Phi) is 3.55. The van der Waals surface area contributed by atoms with Crippen molar-refractivity contribution in [3.8, 4) is 0 Å². The zero-order valence-electron chi connectivity index (χ0n) is 9.87. The van der Waals surface area contributed by atoms with E-state index < -0.39 is 5.60 Å². The lowest BCUT2D eigenvalue weighted by Crippen LogP contribution is -2.24. The second-order valence-corrected chi connectivity index (χ2v) is 4.22. The number of nitrogen functional groups attached to an aromatic ring is 1. The minimum atomic E-state index is -1.05. The van der Waals surface area contributed by atoms with Crippen LogP contribution < -0.4 is 11.1 Å². The van der Waals surface area contributed by atoms with Crippen LogP contribution in [0.25, 0.3) is 0 Å². The number of amides is 1. The third-order valence-corrected chi connectivity index (χ3v) is 2.31. The van der Waals surface area contributed by atoms with Crippen LogP contribution in [0.1, 0.15) is 36.7 Å². The van der Waals surface area contributed by atoms with Crippen molar-refractivity contribution in [1.82, 2.24) is 5.32 Å². The van der Waals surface area contributed by atoms with Gasteiger partial charge in [-0.3, -0.25) is 4.79 Å². The maximum Gasteiger partial charge on any atom is 0.251 e. The van der Waals surface area contributed by atoms with Crippen LogP contribution >= 0.6 is 0 Å². The van der Waals surface area contributed by atoms with Crippen LogP contribution in [0.5, 0.6) is 0 Å². The van der Waals surface area contributed by atoms with Gasteiger partial charge in [0.25, 0.3) is 5.91 Å². The summed E-state index contributed by atoms with van der Waals surface area (Å²) in [6.45, 7) is 5.70. The highest BCUT2D eigenvalue weighted by Gasteiger charge is 2.20. The number of aliphatic hydroxyl groups is 1. The number of rotatable bonds is 3. The summed E-state index contributed by atoms with van der Waals surface area (Å²) in [4.78, 5) is 11.6. The van der Waals surface area contributed by atoms with E-state index in [2.05, 4.69) is 5.32 Å². The van der Waals surface area contributed by atoms with E-state index in [1.54, 1.807) is 32.0 Å². The number of nitrogens with one attached hydrogen (secondary N) is 1. The maximum absolute atomic E-state index is 11.6. The number of anilines is 1. The van der Waals surface area contributed by atoms with Gasteiger partial charge in [0.1, 0.15) is 0 Å². The molecule has 0 spiro atoms. The monoisotopic (exact) mass is 222 g/mol. The van der Waals surface area contributed by atoms with Crippen molar-refractivity contribution < 1.29 is 9.90 Å². The van der Waals surface area contributed by atoms with Crippen LogP contribution in [0.4, 0.5) is 5.69 Å². The molecule has 4 heteroatoms. The highest BCUT2D eigenvalue weighted by molar-refractivity contribution is 5.94. The van der Waals surface area contributed by atoms with Crippen molar-refractivity contribution in [3.63, 3.8) is 0 Å². The van der Waals surface area contributed by atoms with E-state index in [0.29, 0.717) is 23.4 Å². The second kappa shape index (κ2) is 4.53. The molecule has 4 N–H and O–H groups in total. The first kappa shape index (κ1) is 12.5. The quantitative estimate of drug-likeness (QED) is 0.674. The molecule has 0 aliphatic carbocycles. The summed E-state index contributed by atoms with van der Waals surface area (Å²) >= 11 is 0. The topological polar surface area (TPSA) is 75.4 Å². The van der Waals surface area contributed by atoms with Crippen molar-refractivity contribution in [2.24, 2.45) is 0 Å². The van der Waals surface area contributed by atoms with Crippen LogP contribution in [0.3, 0.4) is 0 Å². The van der Waals surface area contributed by atoms with Gasteiger partial charge in [0, 0.05) is 23.4 Å². The first-order valence-corrected chi connectivity index (χ1v) is 5.27. The van der Waals surface area contributed by atoms with E-state index in [9.17, 15) is 9.90 Å². The summed E-state index contributed by atoms with van der Waals surface area (Å²) < 4.78 is 0. The summed E-state index contributed by atoms with van der Waals surface area (Å²) in [5.74, 6) is -0.159. The fourth-order valence-electron chi connectivity index (χ4n) is 1.49. The van der Waals surface area contributed by atoms with Gasteiger partial charge in [0.05, 0.1) is 5.60 Å². The molecule has 1 aromatic carbocycles. The smallest absolute Gasteiger partial charge is 0.251 e. The average molecular weight is 222 g/mol. The number of hydrogen-bond acceptors (Lipinski definition) is 3. The van der Waals surface area contributed by atoms with Crippen molar-refractivity contribution in [2.75, 3.05) is 12.3 Å². The Bertz CT molecular complexity index is 394. The van der Waals surface area contributed by atoms with E-state index in [4.69, 9.17) is 5.73 Å². The van der Waals surface area contributed by atoms with Crippen LogP contribution in [0, 0.1) is 0 Å². The molecule has 1 amide bonds. The molecular weight excluding hydrogens is 204 g/mol. The van der Waals surface area contributed by atoms with Gasteiger partial charge in [-0.2, -0.15) is 0 Å². The Morgan fingerprint density at radius 1 is 1.50 bits per heavy atom. The largest absolute Gasteiger partial charge is 0.398 e. The highest BCUT2D eigenvalue weighted by atomic mass is 16.3. The van der Waals surface area contributed by atoms with Gasteiger partial charge in [-0.15, -0.1) is 0 Å².